The summed E-state index contributed by atoms with van der Waals surface area (Å²) in [7, 11) is 1.57. The number of nitro groups is 2. The van der Waals surface area contributed by atoms with Crippen molar-refractivity contribution in [3.05, 3.63) is 122 Å². The first-order valence-electron chi connectivity index (χ1n) is 13.6. The maximum Gasteiger partial charge on any atom is 0.315 e. The van der Waals surface area contributed by atoms with Crippen molar-refractivity contribution >= 4 is 45.1 Å². The Labute approximate surface area is 246 Å². The third kappa shape index (κ3) is 6.20. The minimum absolute atomic E-state index is 0.0575. The van der Waals surface area contributed by atoms with E-state index in [1.807, 2.05) is 60.7 Å². The zero-order chi connectivity index (χ0) is 30.5. The number of fused-ring (bicyclic) bond motifs is 1. The van der Waals surface area contributed by atoms with Gasteiger partial charge < -0.3 is 9.47 Å². The molecule has 0 heterocycles. The Morgan fingerprint density at radius 1 is 0.953 bits per heavy atom. The van der Waals surface area contributed by atoms with Crippen molar-refractivity contribution in [2.75, 3.05) is 19.1 Å². The van der Waals surface area contributed by atoms with Crippen LogP contribution in [0.1, 0.15) is 30.4 Å². The van der Waals surface area contributed by atoms with Gasteiger partial charge in [0.15, 0.2) is 0 Å². The summed E-state index contributed by atoms with van der Waals surface area (Å²) < 4.78 is 10.8. The van der Waals surface area contributed by atoms with Gasteiger partial charge in [-0.25, -0.2) is 0 Å². The highest BCUT2D eigenvalue weighted by Crippen LogP contribution is 2.42. The maximum atomic E-state index is 13.5. The van der Waals surface area contributed by atoms with Gasteiger partial charge in [-0.1, -0.05) is 48.5 Å². The van der Waals surface area contributed by atoms with E-state index in [-0.39, 0.29) is 18.2 Å². The minimum Gasteiger partial charge on any atom is -0.497 e. The van der Waals surface area contributed by atoms with Gasteiger partial charge in [0.2, 0.25) is 0 Å². The number of nitrogens with one attached hydrogen (secondary N) is 1. The zero-order valence-electron chi connectivity index (χ0n) is 23.4. The Kier molecular flexibility index (Phi) is 8.42. The molecule has 218 valence electrons. The summed E-state index contributed by atoms with van der Waals surface area (Å²) in [5.41, 5.74) is 4.71. The van der Waals surface area contributed by atoms with Crippen LogP contribution in [0.4, 0.5) is 17.1 Å². The lowest BCUT2D eigenvalue weighted by molar-refractivity contribution is -0.393. The average molecular weight is 581 g/mol. The number of benzene rings is 4. The van der Waals surface area contributed by atoms with Gasteiger partial charge in [0.25, 0.3) is 5.69 Å². The minimum atomic E-state index is -0.845. The largest absolute Gasteiger partial charge is 0.497 e. The van der Waals surface area contributed by atoms with Crippen molar-refractivity contribution in [2.24, 2.45) is 11.0 Å². The van der Waals surface area contributed by atoms with Crippen LogP contribution in [0.5, 0.6) is 5.75 Å². The molecule has 4 aromatic carbocycles. The van der Waals surface area contributed by atoms with E-state index in [0.717, 1.165) is 39.6 Å². The summed E-state index contributed by atoms with van der Waals surface area (Å²) >= 11 is 0. The van der Waals surface area contributed by atoms with Crippen LogP contribution in [-0.2, 0) is 9.53 Å². The van der Waals surface area contributed by atoms with Crippen LogP contribution in [0.15, 0.2) is 96.1 Å². The molecule has 2 atom stereocenters. The van der Waals surface area contributed by atoms with E-state index >= 15 is 0 Å². The van der Waals surface area contributed by atoms with Crippen molar-refractivity contribution in [1.29, 1.82) is 0 Å². The van der Waals surface area contributed by atoms with E-state index in [1.54, 1.807) is 20.1 Å². The Balaban J connectivity index is 1.65. The Morgan fingerprint density at radius 3 is 2.37 bits per heavy atom. The summed E-state index contributed by atoms with van der Waals surface area (Å²) in [4.78, 5) is 35.0. The molecule has 11 heteroatoms. The number of ether oxygens (including phenoxy) is 2. The molecule has 4 aromatic rings. The highest BCUT2D eigenvalue weighted by atomic mass is 16.6. The smallest absolute Gasteiger partial charge is 0.315 e. The van der Waals surface area contributed by atoms with Crippen molar-refractivity contribution in [1.82, 2.24) is 0 Å². The van der Waals surface area contributed by atoms with E-state index in [4.69, 9.17) is 9.47 Å². The monoisotopic (exact) mass is 580 g/mol. The van der Waals surface area contributed by atoms with Gasteiger partial charge in [0.1, 0.15) is 17.4 Å². The molecule has 0 aromatic heterocycles. The first-order chi connectivity index (χ1) is 20.8. The van der Waals surface area contributed by atoms with Gasteiger partial charge in [0.05, 0.1) is 35.3 Å². The summed E-state index contributed by atoms with van der Waals surface area (Å²) in [5.74, 6) is -1.06. The lowest BCUT2D eigenvalue weighted by Crippen LogP contribution is -2.34. The Morgan fingerprint density at radius 2 is 1.70 bits per heavy atom. The molecule has 0 bridgehead atoms. The van der Waals surface area contributed by atoms with Gasteiger partial charge in [0, 0.05) is 12.0 Å². The zero-order valence-corrected chi connectivity index (χ0v) is 23.4. The quantitative estimate of drug-likeness (QED) is 0.128. The number of rotatable bonds is 9. The van der Waals surface area contributed by atoms with Gasteiger partial charge in [-0.3, -0.25) is 30.4 Å². The maximum absolute atomic E-state index is 13.5. The fourth-order valence-electron chi connectivity index (χ4n) is 5.26. The molecule has 11 nitrogen and oxygen atoms in total. The van der Waals surface area contributed by atoms with Crippen molar-refractivity contribution in [2.45, 2.75) is 19.3 Å². The molecule has 0 saturated heterocycles. The van der Waals surface area contributed by atoms with Crippen molar-refractivity contribution < 1.29 is 24.1 Å². The van der Waals surface area contributed by atoms with E-state index in [1.165, 1.54) is 6.07 Å². The molecular weight excluding hydrogens is 552 g/mol. The topological polar surface area (TPSA) is 146 Å². The number of anilines is 1. The Hall–Kier alpha value is -5.58. The van der Waals surface area contributed by atoms with Gasteiger partial charge in [-0.2, -0.15) is 5.10 Å². The fraction of sp³-hybridized carbons (Fsp3) is 0.188. The lowest BCUT2D eigenvalue weighted by atomic mass is 9.73. The molecule has 1 aliphatic rings. The number of carbonyl (C=O) groups excluding carboxylic acids is 1. The van der Waals surface area contributed by atoms with Gasteiger partial charge in [-0.15, -0.1) is 0 Å². The van der Waals surface area contributed by atoms with Crippen LogP contribution in [0, 0.1) is 26.1 Å². The van der Waals surface area contributed by atoms with E-state index in [2.05, 4.69) is 16.6 Å². The molecule has 0 aliphatic heterocycles. The van der Waals surface area contributed by atoms with E-state index in [0.29, 0.717) is 17.9 Å². The third-order valence-corrected chi connectivity index (χ3v) is 7.38. The number of hydrogen-bond acceptors (Lipinski definition) is 9. The van der Waals surface area contributed by atoms with Crippen LogP contribution in [0.3, 0.4) is 0 Å². The Bertz CT molecular complexity index is 1770. The standard InChI is InChI=1S/C32H28N4O7/c1-3-43-32(37)31-27(21-10-13-26(42-2)14-11-21)17-24(23-9-8-20-6-4-5-7-22(20)16-23)18-29(31)34-33-28-15-12-25(35(38)39)19-30(28)36(40)41/h4-16,18-19,27,31,33H,3,17H2,1-2H3/b34-29+. The molecule has 43 heavy (non-hydrogen) atoms. The number of allylic oxidation sites excluding steroid dienone is 2. The molecule has 0 saturated carbocycles. The number of nitrogens with zero attached hydrogens (tertiary/aromatic N) is 3. The SMILES string of the molecule is CCOC(=O)C1/C(=N/Nc2ccc([N+](=O)[O-])cc2[N+](=O)[O-])C=C(c2ccc3ccccc3c2)CC1c1ccc(OC)cc1. The first kappa shape index (κ1) is 28.9. The number of methoxy groups -OCH3 is 1. The molecule has 5 rings (SSSR count). The number of carbonyl (C=O) groups is 1. The van der Waals surface area contributed by atoms with Crippen LogP contribution in [-0.4, -0.2) is 35.2 Å². The van der Waals surface area contributed by atoms with Crippen molar-refractivity contribution in [3.63, 3.8) is 0 Å². The summed E-state index contributed by atoms with van der Waals surface area (Å²) in [6.45, 7) is 1.87. The predicted octanol–water partition coefficient (Wildman–Crippen LogP) is 6.88. The normalized spacial score (nSPS) is 17.3. The number of hydrazone groups is 1. The summed E-state index contributed by atoms with van der Waals surface area (Å²) in [6, 6.07) is 24.8. The van der Waals surface area contributed by atoms with E-state index < -0.39 is 33.1 Å². The van der Waals surface area contributed by atoms with Crippen molar-refractivity contribution in [3.8, 4) is 5.75 Å². The third-order valence-electron chi connectivity index (χ3n) is 7.38. The van der Waals surface area contributed by atoms with E-state index in [9.17, 15) is 25.0 Å². The number of nitro benzene ring substituents is 2. The molecule has 1 aliphatic carbocycles. The highest BCUT2D eigenvalue weighted by molar-refractivity contribution is 6.14. The van der Waals surface area contributed by atoms with Gasteiger partial charge >= 0.3 is 11.7 Å². The summed E-state index contributed by atoms with van der Waals surface area (Å²) in [6.07, 6.45) is 2.29. The molecule has 1 N–H and O–H groups in total. The van der Waals surface area contributed by atoms with Crippen LogP contribution >= 0.6 is 0 Å². The molecule has 0 spiro atoms. The highest BCUT2D eigenvalue weighted by Gasteiger charge is 2.39. The molecule has 0 fully saturated rings. The van der Waals surface area contributed by atoms with Gasteiger partial charge in [-0.05, 0) is 71.2 Å². The number of hydrogen-bond donors (Lipinski definition) is 1. The average Bonchev–Trinajstić information content (AvgIpc) is 3.03. The van der Waals surface area contributed by atoms with Crippen LogP contribution in [0.25, 0.3) is 16.3 Å². The lowest BCUT2D eigenvalue weighted by Gasteiger charge is -2.31. The second-order valence-corrected chi connectivity index (χ2v) is 9.91. The van der Waals surface area contributed by atoms with Crippen LogP contribution < -0.4 is 10.2 Å². The second kappa shape index (κ2) is 12.5. The van der Waals surface area contributed by atoms with Crippen LogP contribution in [0.2, 0.25) is 0 Å². The molecule has 2 unspecified atom stereocenters. The molecule has 0 amide bonds. The number of esters is 1. The second-order valence-electron chi connectivity index (χ2n) is 9.91. The first-order valence-corrected chi connectivity index (χ1v) is 13.6. The molecular formula is C32H28N4O7. The predicted molar refractivity (Wildman–Crippen MR) is 163 cm³/mol. The fourth-order valence-corrected chi connectivity index (χ4v) is 5.26. The number of non-ortho nitro benzene ring substituents is 1. The molecule has 0 radical (unpaired) electrons. The summed E-state index contributed by atoms with van der Waals surface area (Å²) in [5, 5.41) is 29.6.